The highest BCUT2D eigenvalue weighted by atomic mass is 19.4. The van der Waals surface area contributed by atoms with Crippen LogP contribution in [0.1, 0.15) is 25.0 Å². The van der Waals surface area contributed by atoms with E-state index in [9.17, 15) is 22.8 Å². The van der Waals surface area contributed by atoms with E-state index >= 15 is 0 Å². The number of carboxylic acids is 1. The minimum absolute atomic E-state index is 0.178. The van der Waals surface area contributed by atoms with E-state index in [4.69, 9.17) is 5.11 Å². The van der Waals surface area contributed by atoms with Crippen LogP contribution in [-0.4, -0.2) is 34.5 Å². The van der Waals surface area contributed by atoms with Crippen LogP contribution in [0.25, 0.3) is 0 Å². The average molecular weight is 303 g/mol. The van der Waals surface area contributed by atoms with Crippen LogP contribution in [0.2, 0.25) is 0 Å². The van der Waals surface area contributed by atoms with Crippen LogP contribution in [-0.2, 0) is 22.2 Å². The SMILES string of the molecule is CN(C(=O)Cc1ccccc1C(F)(F)F)C(C)(C)C(=O)O. The molecule has 116 valence electrons. The summed E-state index contributed by atoms with van der Waals surface area (Å²) in [6.45, 7) is 2.62. The quantitative estimate of drug-likeness (QED) is 0.930. The molecule has 0 fully saturated rings. The number of alkyl halides is 3. The zero-order valence-corrected chi connectivity index (χ0v) is 11.9. The molecule has 7 heteroatoms. The fourth-order valence-electron chi connectivity index (χ4n) is 1.69. The zero-order valence-electron chi connectivity index (χ0n) is 11.9. The maximum atomic E-state index is 12.8. The van der Waals surface area contributed by atoms with E-state index in [2.05, 4.69) is 0 Å². The summed E-state index contributed by atoms with van der Waals surface area (Å²) in [5.41, 5.74) is -2.56. The van der Waals surface area contributed by atoms with Gasteiger partial charge >= 0.3 is 12.1 Å². The van der Waals surface area contributed by atoms with E-state index in [1.807, 2.05) is 0 Å². The fourth-order valence-corrected chi connectivity index (χ4v) is 1.69. The van der Waals surface area contributed by atoms with Gasteiger partial charge in [-0.05, 0) is 25.5 Å². The number of amides is 1. The molecule has 1 amide bonds. The minimum atomic E-state index is -4.56. The molecule has 0 bridgehead atoms. The van der Waals surface area contributed by atoms with E-state index in [1.165, 1.54) is 39.1 Å². The van der Waals surface area contributed by atoms with E-state index < -0.39 is 35.6 Å². The summed E-state index contributed by atoms with van der Waals surface area (Å²) >= 11 is 0. The zero-order chi connectivity index (χ0) is 16.4. The van der Waals surface area contributed by atoms with Crippen LogP contribution in [0.4, 0.5) is 13.2 Å². The van der Waals surface area contributed by atoms with Gasteiger partial charge in [0.25, 0.3) is 0 Å². The lowest BCUT2D eigenvalue weighted by Gasteiger charge is -2.31. The van der Waals surface area contributed by atoms with E-state index in [-0.39, 0.29) is 5.56 Å². The first-order valence-corrected chi connectivity index (χ1v) is 6.13. The second kappa shape index (κ2) is 5.75. The second-order valence-corrected chi connectivity index (χ2v) is 5.15. The number of carbonyl (C=O) groups is 2. The lowest BCUT2D eigenvalue weighted by Crippen LogP contribution is -2.51. The molecule has 1 rings (SSSR count). The van der Waals surface area contributed by atoms with Crippen molar-refractivity contribution in [3.8, 4) is 0 Å². The molecule has 0 saturated carbocycles. The van der Waals surface area contributed by atoms with E-state index in [1.54, 1.807) is 0 Å². The van der Waals surface area contributed by atoms with Crippen molar-refractivity contribution in [1.29, 1.82) is 0 Å². The van der Waals surface area contributed by atoms with Crippen LogP contribution < -0.4 is 0 Å². The predicted molar refractivity (Wildman–Crippen MR) is 69.6 cm³/mol. The summed E-state index contributed by atoms with van der Waals surface area (Å²) in [6.07, 6.45) is -5.07. The molecule has 0 unspecified atom stereocenters. The summed E-state index contributed by atoms with van der Waals surface area (Å²) < 4.78 is 38.5. The Morgan fingerprint density at radius 3 is 2.19 bits per heavy atom. The monoisotopic (exact) mass is 303 g/mol. The molecule has 0 heterocycles. The van der Waals surface area contributed by atoms with E-state index in [0.29, 0.717) is 0 Å². The Bertz CT molecular complexity index is 553. The molecule has 0 aromatic heterocycles. The largest absolute Gasteiger partial charge is 0.480 e. The van der Waals surface area contributed by atoms with Crippen molar-refractivity contribution < 1.29 is 27.9 Å². The second-order valence-electron chi connectivity index (χ2n) is 5.15. The van der Waals surface area contributed by atoms with Crippen molar-refractivity contribution in [2.45, 2.75) is 32.0 Å². The molecule has 0 aliphatic heterocycles. The van der Waals surface area contributed by atoms with Crippen molar-refractivity contribution in [2.75, 3.05) is 7.05 Å². The Kier molecular flexibility index (Phi) is 4.65. The highest BCUT2D eigenvalue weighted by molar-refractivity contribution is 5.87. The standard InChI is InChI=1S/C14H16F3NO3/c1-13(2,12(20)21)18(3)11(19)8-9-6-4-5-7-10(9)14(15,16)17/h4-7H,8H2,1-3H3,(H,20,21). The number of carboxylic acid groups (broad SMARTS) is 1. The molecular weight excluding hydrogens is 287 g/mol. The molecule has 0 saturated heterocycles. The lowest BCUT2D eigenvalue weighted by molar-refractivity contribution is -0.155. The van der Waals surface area contributed by atoms with Gasteiger partial charge in [0.1, 0.15) is 5.54 Å². The number of carbonyl (C=O) groups excluding carboxylic acids is 1. The average Bonchev–Trinajstić information content (AvgIpc) is 2.36. The number of rotatable bonds is 4. The summed E-state index contributed by atoms with van der Waals surface area (Å²) in [6, 6.07) is 4.75. The number of hydrogen-bond donors (Lipinski definition) is 1. The molecule has 4 nitrogen and oxygen atoms in total. The lowest BCUT2D eigenvalue weighted by atomic mass is 10.00. The van der Waals surface area contributed by atoms with Gasteiger partial charge in [0.05, 0.1) is 12.0 Å². The van der Waals surface area contributed by atoms with Crippen molar-refractivity contribution in [2.24, 2.45) is 0 Å². The Hall–Kier alpha value is -2.05. The molecule has 0 aliphatic carbocycles. The Labute approximate surface area is 120 Å². The van der Waals surface area contributed by atoms with Gasteiger partial charge < -0.3 is 10.0 Å². The maximum Gasteiger partial charge on any atom is 0.416 e. The van der Waals surface area contributed by atoms with Crippen LogP contribution >= 0.6 is 0 Å². The smallest absolute Gasteiger partial charge is 0.416 e. The third kappa shape index (κ3) is 3.74. The third-order valence-electron chi connectivity index (χ3n) is 3.40. The predicted octanol–water partition coefficient (Wildman–Crippen LogP) is 2.57. The number of halogens is 3. The van der Waals surface area contributed by atoms with Crippen molar-refractivity contribution in [1.82, 2.24) is 4.90 Å². The van der Waals surface area contributed by atoms with Crippen LogP contribution in [0.5, 0.6) is 0 Å². The van der Waals surface area contributed by atoms with Gasteiger partial charge in [-0.1, -0.05) is 18.2 Å². The van der Waals surface area contributed by atoms with Gasteiger partial charge in [-0.3, -0.25) is 4.79 Å². The molecule has 0 atom stereocenters. The highest BCUT2D eigenvalue weighted by Gasteiger charge is 2.37. The first-order chi connectivity index (χ1) is 9.48. The Morgan fingerprint density at radius 1 is 1.19 bits per heavy atom. The number of benzene rings is 1. The Morgan fingerprint density at radius 2 is 1.71 bits per heavy atom. The first kappa shape index (κ1) is 17.0. The summed E-state index contributed by atoms with van der Waals surface area (Å²) in [5, 5.41) is 9.04. The van der Waals surface area contributed by atoms with Crippen molar-refractivity contribution in [3.05, 3.63) is 35.4 Å². The van der Waals surface area contributed by atoms with Gasteiger partial charge in [0, 0.05) is 7.05 Å². The van der Waals surface area contributed by atoms with Gasteiger partial charge in [-0.15, -0.1) is 0 Å². The molecule has 0 radical (unpaired) electrons. The van der Waals surface area contributed by atoms with Crippen molar-refractivity contribution >= 4 is 11.9 Å². The summed E-state index contributed by atoms with van der Waals surface area (Å²) in [7, 11) is 1.26. The topological polar surface area (TPSA) is 57.6 Å². The molecule has 0 aliphatic rings. The van der Waals surface area contributed by atoms with Gasteiger partial charge in [0.15, 0.2) is 0 Å². The van der Waals surface area contributed by atoms with Gasteiger partial charge in [0.2, 0.25) is 5.91 Å². The molecule has 1 N–H and O–H groups in total. The molecule has 0 spiro atoms. The van der Waals surface area contributed by atoms with Gasteiger partial charge in [-0.2, -0.15) is 13.2 Å². The number of hydrogen-bond acceptors (Lipinski definition) is 2. The minimum Gasteiger partial charge on any atom is -0.480 e. The van der Waals surface area contributed by atoms with E-state index in [0.717, 1.165) is 11.0 Å². The summed E-state index contributed by atoms with van der Waals surface area (Å²) in [4.78, 5) is 24.0. The normalized spacial score (nSPS) is 12.1. The highest BCUT2D eigenvalue weighted by Crippen LogP contribution is 2.32. The van der Waals surface area contributed by atoms with Crippen LogP contribution in [0, 0.1) is 0 Å². The number of likely N-dealkylation sites (N-methyl/N-ethyl adjacent to an activating group) is 1. The first-order valence-electron chi connectivity index (χ1n) is 6.13. The van der Waals surface area contributed by atoms with Gasteiger partial charge in [-0.25, -0.2) is 4.79 Å². The van der Waals surface area contributed by atoms with Crippen LogP contribution in [0.3, 0.4) is 0 Å². The molecule has 1 aromatic carbocycles. The summed E-state index contributed by atoms with van der Waals surface area (Å²) in [5.74, 6) is -1.93. The third-order valence-corrected chi connectivity index (χ3v) is 3.40. The molecule has 1 aromatic rings. The maximum absolute atomic E-state index is 12.8. The molecule has 21 heavy (non-hydrogen) atoms. The van der Waals surface area contributed by atoms with Crippen molar-refractivity contribution in [3.63, 3.8) is 0 Å². The Balaban J connectivity index is 3.03. The number of nitrogens with zero attached hydrogens (tertiary/aromatic N) is 1. The fraction of sp³-hybridized carbons (Fsp3) is 0.429. The van der Waals surface area contributed by atoms with Crippen LogP contribution in [0.15, 0.2) is 24.3 Å². The number of aliphatic carboxylic acids is 1. The molecular formula is C14H16F3NO3.